The molecule has 110 valence electrons. The van der Waals surface area contributed by atoms with E-state index in [2.05, 4.69) is 15.3 Å². The van der Waals surface area contributed by atoms with Crippen LogP contribution in [0.15, 0.2) is 24.5 Å². The van der Waals surface area contributed by atoms with Crippen molar-refractivity contribution in [3.05, 3.63) is 45.8 Å². The van der Waals surface area contributed by atoms with E-state index >= 15 is 0 Å². The van der Waals surface area contributed by atoms with Gasteiger partial charge in [0.1, 0.15) is 6.33 Å². The summed E-state index contributed by atoms with van der Waals surface area (Å²) in [6, 6.07) is 5.78. The first-order chi connectivity index (χ1) is 10.0. The van der Waals surface area contributed by atoms with Crippen LogP contribution in [0.5, 0.6) is 0 Å². The van der Waals surface area contributed by atoms with Crippen molar-refractivity contribution in [2.24, 2.45) is 0 Å². The van der Waals surface area contributed by atoms with Crippen molar-refractivity contribution in [1.29, 1.82) is 0 Å². The molecule has 1 aromatic carbocycles. The highest BCUT2D eigenvalue weighted by atomic mass is 16.6. The molecule has 1 heterocycles. The van der Waals surface area contributed by atoms with Gasteiger partial charge in [-0.25, -0.2) is 9.97 Å². The van der Waals surface area contributed by atoms with E-state index in [1.54, 1.807) is 0 Å². The van der Waals surface area contributed by atoms with Crippen molar-refractivity contribution < 1.29 is 4.92 Å². The van der Waals surface area contributed by atoms with Crippen molar-refractivity contribution in [3.63, 3.8) is 0 Å². The molecule has 0 unspecified atom stereocenters. The van der Waals surface area contributed by atoms with E-state index in [1.807, 2.05) is 39.0 Å². The second kappa shape index (κ2) is 6.30. The molecule has 0 aliphatic carbocycles. The van der Waals surface area contributed by atoms with Gasteiger partial charge in [0.15, 0.2) is 5.69 Å². The molecule has 21 heavy (non-hydrogen) atoms. The number of nitrogens with zero attached hydrogens (tertiary/aromatic N) is 3. The van der Waals surface area contributed by atoms with Crippen LogP contribution in [-0.4, -0.2) is 21.4 Å². The average molecular weight is 286 g/mol. The van der Waals surface area contributed by atoms with Crippen molar-refractivity contribution in [2.75, 3.05) is 11.9 Å². The number of benzene rings is 1. The molecular weight excluding hydrogens is 268 g/mol. The summed E-state index contributed by atoms with van der Waals surface area (Å²) in [6.07, 6.45) is 2.22. The van der Waals surface area contributed by atoms with Gasteiger partial charge in [-0.1, -0.05) is 30.7 Å². The Morgan fingerprint density at radius 2 is 2.05 bits per heavy atom. The summed E-state index contributed by atoms with van der Waals surface area (Å²) >= 11 is 0. The van der Waals surface area contributed by atoms with E-state index in [0.29, 0.717) is 12.2 Å². The third kappa shape index (κ3) is 3.16. The average Bonchev–Trinajstić information content (AvgIpc) is 2.44. The fourth-order valence-electron chi connectivity index (χ4n) is 2.20. The van der Waals surface area contributed by atoms with Crippen LogP contribution in [0.4, 0.5) is 11.5 Å². The number of nitrogens with one attached hydrogen (secondary N) is 1. The summed E-state index contributed by atoms with van der Waals surface area (Å²) in [6.45, 7) is 6.53. The first-order valence-electron chi connectivity index (χ1n) is 6.85. The maximum Gasteiger partial charge on any atom is 0.337 e. The second-order valence-electron chi connectivity index (χ2n) is 4.92. The van der Waals surface area contributed by atoms with Crippen molar-refractivity contribution in [3.8, 4) is 11.3 Å². The van der Waals surface area contributed by atoms with Crippen molar-refractivity contribution >= 4 is 11.5 Å². The number of aromatic nitrogens is 2. The summed E-state index contributed by atoms with van der Waals surface area (Å²) in [5.74, 6) is 0.270. The van der Waals surface area contributed by atoms with E-state index in [4.69, 9.17) is 0 Å². The monoisotopic (exact) mass is 286 g/mol. The Hall–Kier alpha value is -2.50. The summed E-state index contributed by atoms with van der Waals surface area (Å²) in [5, 5.41) is 14.4. The highest BCUT2D eigenvalue weighted by Crippen LogP contribution is 2.34. The summed E-state index contributed by atoms with van der Waals surface area (Å²) < 4.78 is 0. The first kappa shape index (κ1) is 14.9. The zero-order valence-corrected chi connectivity index (χ0v) is 12.4. The minimum absolute atomic E-state index is 0.0714. The van der Waals surface area contributed by atoms with Gasteiger partial charge in [-0.05, 0) is 25.8 Å². The van der Waals surface area contributed by atoms with E-state index in [9.17, 15) is 10.1 Å². The Balaban J connectivity index is 2.59. The summed E-state index contributed by atoms with van der Waals surface area (Å²) in [5.41, 5.74) is 3.11. The fraction of sp³-hybridized carbons (Fsp3) is 0.333. The van der Waals surface area contributed by atoms with Gasteiger partial charge < -0.3 is 5.32 Å². The molecule has 2 aromatic rings. The number of rotatable bonds is 5. The Morgan fingerprint density at radius 1 is 1.29 bits per heavy atom. The fourth-order valence-corrected chi connectivity index (χ4v) is 2.20. The van der Waals surface area contributed by atoms with E-state index < -0.39 is 4.92 Å². The molecule has 0 amide bonds. The molecule has 0 radical (unpaired) electrons. The van der Waals surface area contributed by atoms with Crippen LogP contribution in [0, 0.1) is 24.0 Å². The molecule has 2 rings (SSSR count). The van der Waals surface area contributed by atoms with Crippen LogP contribution in [0.3, 0.4) is 0 Å². The van der Waals surface area contributed by atoms with Crippen LogP contribution in [-0.2, 0) is 0 Å². The lowest BCUT2D eigenvalue weighted by molar-refractivity contribution is -0.383. The molecule has 1 N–H and O–H groups in total. The number of hydrogen-bond donors (Lipinski definition) is 1. The van der Waals surface area contributed by atoms with Gasteiger partial charge >= 0.3 is 5.69 Å². The van der Waals surface area contributed by atoms with Gasteiger partial charge in [-0.15, -0.1) is 0 Å². The van der Waals surface area contributed by atoms with Gasteiger partial charge in [0.25, 0.3) is 0 Å². The number of nitro groups is 1. The molecular formula is C15H18N4O2. The van der Waals surface area contributed by atoms with Crippen molar-refractivity contribution in [1.82, 2.24) is 9.97 Å². The highest BCUT2D eigenvalue weighted by Gasteiger charge is 2.24. The molecule has 0 atom stereocenters. The molecule has 0 aliphatic heterocycles. The summed E-state index contributed by atoms with van der Waals surface area (Å²) in [4.78, 5) is 19.2. The van der Waals surface area contributed by atoms with E-state index in [1.165, 1.54) is 6.33 Å². The molecule has 0 saturated heterocycles. The van der Waals surface area contributed by atoms with Crippen LogP contribution in [0.1, 0.15) is 24.5 Å². The Kier molecular flexibility index (Phi) is 4.47. The molecule has 6 heteroatoms. The largest absolute Gasteiger partial charge is 0.364 e. The Bertz CT molecular complexity index is 671. The number of hydrogen-bond acceptors (Lipinski definition) is 5. The summed E-state index contributed by atoms with van der Waals surface area (Å²) in [7, 11) is 0. The number of anilines is 1. The minimum atomic E-state index is -0.424. The van der Waals surface area contributed by atoms with Crippen molar-refractivity contribution in [2.45, 2.75) is 27.2 Å². The minimum Gasteiger partial charge on any atom is -0.364 e. The lowest BCUT2D eigenvalue weighted by atomic mass is 10.0. The predicted molar refractivity (Wildman–Crippen MR) is 82.4 cm³/mol. The van der Waals surface area contributed by atoms with E-state index in [0.717, 1.165) is 23.1 Å². The molecule has 1 aromatic heterocycles. The highest BCUT2D eigenvalue weighted by molar-refractivity contribution is 5.78. The lowest BCUT2D eigenvalue weighted by Gasteiger charge is -2.10. The third-order valence-corrected chi connectivity index (χ3v) is 3.18. The standard InChI is InChI=1S/C15H18N4O2/c1-4-7-16-15-14(19(20)21)13(17-9-18-15)12-6-5-10(2)8-11(12)3/h5-6,8-9H,4,7H2,1-3H3,(H,16,17,18). The maximum absolute atomic E-state index is 11.4. The maximum atomic E-state index is 11.4. The Morgan fingerprint density at radius 3 is 2.67 bits per heavy atom. The molecule has 0 saturated carbocycles. The molecule has 0 aliphatic rings. The zero-order chi connectivity index (χ0) is 15.4. The van der Waals surface area contributed by atoms with Gasteiger partial charge in [-0.2, -0.15) is 0 Å². The smallest absolute Gasteiger partial charge is 0.337 e. The molecule has 6 nitrogen and oxygen atoms in total. The lowest BCUT2D eigenvalue weighted by Crippen LogP contribution is -2.07. The second-order valence-corrected chi connectivity index (χ2v) is 4.92. The third-order valence-electron chi connectivity index (χ3n) is 3.18. The van der Waals surface area contributed by atoms with Gasteiger partial charge in [-0.3, -0.25) is 10.1 Å². The van der Waals surface area contributed by atoms with E-state index in [-0.39, 0.29) is 11.5 Å². The predicted octanol–water partition coefficient (Wildman–Crippen LogP) is 3.49. The zero-order valence-electron chi connectivity index (χ0n) is 12.4. The quantitative estimate of drug-likeness (QED) is 0.672. The normalized spacial score (nSPS) is 10.4. The van der Waals surface area contributed by atoms with Gasteiger partial charge in [0.05, 0.1) is 4.92 Å². The van der Waals surface area contributed by atoms with Crippen LogP contribution in [0.25, 0.3) is 11.3 Å². The Labute approximate surface area is 123 Å². The SMILES string of the molecule is CCCNc1ncnc(-c2ccc(C)cc2C)c1[N+](=O)[O-]. The number of aryl methyl sites for hydroxylation is 2. The van der Waals surface area contributed by atoms with Gasteiger partial charge in [0, 0.05) is 12.1 Å². The molecule has 0 bridgehead atoms. The van der Waals surface area contributed by atoms with Crippen LogP contribution < -0.4 is 5.32 Å². The molecule has 0 spiro atoms. The van der Waals surface area contributed by atoms with Gasteiger partial charge in [0.2, 0.25) is 5.82 Å². The topological polar surface area (TPSA) is 81.0 Å². The molecule has 0 fully saturated rings. The van der Waals surface area contributed by atoms with Crippen LogP contribution >= 0.6 is 0 Å². The van der Waals surface area contributed by atoms with Crippen LogP contribution in [0.2, 0.25) is 0 Å². The first-order valence-corrected chi connectivity index (χ1v) is 6.85.